The minimum Gasteiger partial charge on any atom is -0.370 e. The Morgan fingerprint density at radius 3 is 2.30 bits per heavy atom. The highest BCUT2D eigenvalue weighted by Gasteiger charge is 2.19. The second-order valence-electron chi connectivity index (χ2n) is 7.42. The largest absolute Gasteiger partial charge is 0.370 e. The quantitative estimate of drug-likeness (QED) is 0.392. The highest BCUT2D eigenvalue weighted by molar-refractivity contribution is 14.0. The molecular weight excluding hydrogens is 456 g/mol. The Bertz CT molecular complexity index is 581. The van der Waals surface area contributed by atoms with Crippen molar-refractivity contribution in [2.24, 2.45) is 10.7 Å². The van der Waals surface area contributed by atoms with Crippen LogP contribution in [0.5, 0.6) is 0 Å². The van der Waals surface area contributed by atoms with Gasteiger partial charge in [0.1, 0.15) is 5.82 Å². The average Bonchev–Trinajstić information content (AvgIpc) is 2.69. The number of piperidine rings is 1. The van der Waals surface area contributed by atoms with Crippen molar-refractivity contribution < 1.29 is 4.39 Å². The fourth-order valence-electron chi connectivity index (χ4n) is 3.85. The van der Waals surface area contributed by atoms with Crippen molar-refractivity contribution in [3.05, 3.63) is 30.1 Å². The molecule has 0 amide bonds. The predicted octanol–water partition coefficient (Wildman–Crippen LogP) is 3.14. The van der Waals surface area contributed by atoms with E-state index in [-0.39, 0.29) is 29.8 Å². The van der Waals surface area contributed by atoms with Crippen LogP contribution in [0.3, 0.4) is 0 Å². The second-order valence-corrected chi connectivity index (χ2v) is 7.42. The number of guanidine groups is 1. The summed E-state index contributed by atoms with van der Waals surface area (Å²) in [5.74, 6) is 0.470. The number of benzene rings is 1. The van der Waals surface area contributed by atoms with Gasteiger partial charge in [-0.1, -0.05) is 6.42 Å². The molecule has 7 heteroatoms. The molecule has 2 fully saturated rings. The molecule has 0 aliphatic carbocycles. The molecule has 2 heterocycles. The molecule has 27 heavy (non-hydrogen) atoms. The van der Waals surface area contributed by atoms with Crippen molar-refractivity contribution in [1.29, 1.82) is 0 Å². The zero-order valence-corrected chi connectivity index (χ0v) is 18.6. The maximum Gasteiger partial charge on any atom is 0.191 e. The molecule has 2 saturated heterocycles. The van der Waals surface area contributed by atoms with Crippen LogP contribution in [-0.2, 0) is 0 Å². The van der Waals surface area contributed by atoms with Crippen LogP contribution in [0.25, 0.3) is 0 Å². The SMILES string of the molecule is CC(CCN=C(N)N1CCN(c2ccc(F)cc2)CC1)N1CCCCC1.I. The van der Waals surface area contributed by atoms with E-state index in [1.165, 1.54) is 44.5 Å². The topological polar surface area (TPSA) is 48.1 Å². The first-order valence-corrected chi connectivity index (χ1v) is 9.93. The van der Waals surface area contributed by atoms with E-state index in [1.54, 1.807) is 0 Å². The van der Waals surface area contributed by atoms with Crippen molar-refractivity contribution in [2.45, 2.75) is 38.6 Å². The lowest BCUT2D eigenvalue weighted by Gasteiger charge is -2.36. The number of nitrogens with two attached hydrogens (primary N) is 1. The smallest absolute Gasteiger partial charge is 0.191 e. The fourth-order valence-corrected chi connectivity index (χ4v) is 3.85. The molecule has 2 N–H and O–H groups in total. The first-order valence-electron chi connectivity index (χ1n) is 9.93. The molecule has 1 atom stereocenters. The van der Waals surface area contributed by atoms with Gasteiger partial charge in [0.15, 0.2) is 5.96 Å². The zero-order chi connectivity index (χ0) is 18.4. The summed E-state index contributed by atoms with van der Waals surface area (Å²) in [4.78, 5) is 11.6. The number of aliphatic imine (C=N–C) groups is 1. The molecule has 0 saturated carbocycles. The summed E-state index contributed by atoms with van der Waals surface area (Å²) < 4.78 is 13.1. The Kier molecular flexibility index (Phi) is 9.08. The summed E-state index contributed by atoms with van der Waals surface area (Å²) in [6, 6.07) is 7.29. The number of hydrogen-bond donors (Lipinski definition) is 1. The van der Waals surface area contributed by atoms with Gasteiger partial charge < -0.3 is 20.4 Å². The second kappa shape index (κ2) is 11.0. The Morgan fingerprint density at radius 2 is 1.67 bits per heavy atom. The number of rotatable bonds is 5. The van der Waals surface area contributed by atoms with Crippen LogP contribution < -0.4 is 10.6 Å². The fraction of sp³-hybridized carbons (Fsp3) is 0.650. The molecule has 0 radical (unpaired) electrons. The molecule has 2 aliphatic rings. The standard InChI is InChI=1S/C20H32FN5.HI/c1-17(24-11-3-2-4-12-24)9-10-23-20(22)26-15-13-25(14-16-26)19-7-5-18(21)6-8-19;/h5-8,17H,2-4,9-16H2,1H3,(H2,22,23);1H. The number of halogens is 2. The van der Waals surface area contributed by atoms with Crippen LogP contribution in [0.2, 0.25) is 0 Å². The summed E-state index contributed by atoms with van der Waals surface area (Å²) in [6.45, 7) is 9.03. The zero-order valence-electron chi connectivity index (χ0n) is 16.3. The lowest BCUT2D eigenvalue weighted by Crippen LogP contribution is -2.51. The van der Waals surface area contributed by atoms with Crippen LogP contribution >= 0.6 is 24.0 Å². The van der Waals surface area contributed by atoms with Crippen LogP contribution in [-0.4, -0.2) is 67.6 Å². The molecule has 5 nitrogen and oxygen atoms in total. The highest BCUT2D eigenvalue weighted by Crippen LogP contribution is 2.17. The van der Waals surface area contributed by atoms with Gasteiger partial charge in [-0.05, 0) is 63.5 Å². The molecular formula is C20H33FIN5. The molecule has 0 aromatic heterocycles. The molecule has 152 valence electrons. The van der Waals surface area contributed by atoms with E-state index in [1.807, 2.05) is 12.1 Å². The normalized spacial score (nSPS) is 20.3. The molecule has 1 unspecified atom stereocenters. The van der Waals surface area contributed by atoms with E-state index in [2.05, 4.69) is 26.6 Å². The summed E-state index contributed by atoms with van der Waals surface area (Å²) >= 11 is 0. The third kappa shape index (κ3) is 6.48. The van der Waals surface area contributed by atoms with Gasteiger partial charge in [-0.25, -0.2) is 4.39 Å². The van der Waals surface area contributed by atoms with E-state index in [4.69, 9.17) is 5.73 Å². The Hall–Kier alpha value is -1.09. The van der Waals surface area contributed by atoms with E-state index >= 15 is 0 Å². The Morgan fingerprint density at radius 1 is 1.04 bits per heavy atom. The van der Waals surface area contributed by atoms with E-state index in [0.717, 1.165) is 44.8 Å². The summed E-state index contributed by atoms with van der Waals surface area (Å²) in [5, 5.41) is 0. The molecule has 2 aliphatic heterocycles. The minimum absolute atomic E-state index is 0. The van der Waals surface area contributed by atoms with Crippen molar-refractivity contribution in [2.75, 3.05) is 50.7 Å². The number of likely N-dealkylation sites (tertiary alicyclic amines) is 1. The van der Waals surface area contributed by atoms with Crippen LogP contribution in [0, 0.1) is 5.82 Å². The van der Waals surface area contributed by atoms with Gasteiger partial charge in [-0.3, -0.25) is 4.99 Å². The average molecular weight is 489 g/mol. The number of piperazine rings is 1. The van der Waals surface area contributed by atoms with Crippen LogP contribution in [0.1, 0.15) is 32.6 Å². The molecule has 1 aromatic carbocycles. The number of hydrogen-bond acceptors (Lipinski definition) is 3. The third-order valence-electron chi connectivity index (χ3n) is 5.63. The van der Waals surface area contributed by atoms with Gasteiger partial charge in [0.2, 0.25) is 0 Å². The molecule has 3 rings (SSSR count). The van der Waals surface area contributed by atoms with E-state index in [9.17, 15) is 4.39 Å². The van der Waals surface area contributed by atoms with Crippen LogP contribution in [0.4, 0.5) is 10.1 Å². The number of nitrogens with zero attached hydrogens (tertiary/aromatic N) is 4. The first-order chi connectivity index (χ1) is 12.6. The van der Waals surface area contributed by atoms with E-state index < -0.39 is 0 Å². The van der Waals surface area contributed by atoms with Gasteiger partial charge in [0.05, 0.1) is 0 Å². The van der Waals surface area contributed by atoms with Crippen molar-refractivity contribution in [3.8, 4) is 0 Å². The van der Waals surface area contributed by atoms with Gasteiger partial charge in [-0.15, -0.1) is 24.0 Å². The van der Waals surface area contributed by atoms with Crippen molar-refractivity contribution in [1.82, 2.24) is 9.80 Å². The summed E-state index contributed by atoms with van der Waals surface area (Å²) in [7, 11) is 0. The predicted molar refractivity (Wildman–Crippen MR) is 122 cm³/mol. The van der Waals surface area contributed by atoms with E-state index in [0.29, 0.717) is 12.0 Å². The maximum absolute atomic E-state index is 13.1. The monoisotopic (exact) mass is 489 g/mol. The van der Waals surface area contributed by atoms with Crippen molar-refractivity contribution in [3.63, 3.8) is 0 Å². The van der Waals surface area contributed by atoms with Crippen LogP contribution in [0.15, 0.2) is 29.3 Å². The van der Waals surface area contributed by atoms with Gasteiger partial charge in [0.25, 0.3) is 0 Å². The lowest BCUT2D eigenvalue weighted by molar-refractivity contribution is 0.168. The van der Waals surface area contributed by atoms with Gasteiger partial charge >= 0.3 is 0 Å². The molecule has 0 spiro atoms. The van der Waals surface area contributed by atoms with Crippen molar-refractivity contribution >= 4 is 35.6 Å². The third-order valence-corrected chi connectivity index (χ3v) is 5.63. The lowest BCUT2D eigenvalue weighted by atomic mass is 10.1. The summed E-state index contributed by atoms with van der Waals surface area (Å²) in [6.07, 6.45) is 5.09. The maximum atomic E-state index is 13.1. The minimum atomic E-state index is -0.192. The first kappa shape index (κ1) is 22.2. The Balaban J connectivity index is 0.00000261. The Labute approximate surface area is 179 Å². The van der Waals surface area contributed by atoms with Gasteiger partial charge in [-0.2, -0.15) is 0 Å². The number of anilines is 1. The molecule has 1 aromatic rings. The molecule has 0 bridgehead atoms. The summed E-state index contributed by atoms with van der Waals surface area (Å²) in [5.41, 5.74) is 7.28. The van der Waals surface area contributed by atoms with Gasteiger partial charge in [0, 0.05) is 44.5 Å². The highest BCUT2D eigenvalue weighted by atomic mass is 127.